The number of halogens is 1. The summed E-state index contributed by atoms with van der Waals surface area (Å²) in [6.45, 7) is 2.07. The number of thioether (sulfide) groups is 1. The Morgan fingerprint density at radius 2 is 2.16 bits per heavy atom. The first-order chi connectivity index (χ1) is 12.3. The second-order valence-corrected chi connectivity index (χ2v) is 7.11. The van der Waals surface area contributed by atoms with E-state index in [1.165, 1.54) is 6.26 Å². The maximum Gasteiger partial charge on any atom is 0.254 e. The molecule has 4 rings (SSSR count). The van der Waals surface area contributed by atoms with E-state index < -0.39 is 0 Å². The minimum atomic E-state index is -0.214. The van der Waals surface area contributed by atoms with E-state index in [0.29, 0.717) is 24.6 Å². The van der Waals surface area contributed by atoms with E-state index in [1.807, 2.05) is 23.9 Å². The Balaban J connectivity index is 1.38. The molecular formula is C17H18FN3O3S. The molecule has 25 heavy (non-hydrogen) atoms. The Bertz CT molecular complexity index is 748. The van der Waals surface area contributed by atoms with Crippen molar-refractivity contribution in [2.24, 2.45) is 5.16 Å². The Hall–Kier alpha value is -2.22. The zero-order valence-electron chi connectivity index (χ0n) is 13.6. The molecule has 0 bridgehead atoms. The molecule has 2 aliphatic rings. The number of aromatic nitrogens is 1. The van der Waals surface area contributed by atoms with Gasteiger partial charge >= 0.3 is 0 Å². The monoisotopic (exact) mass is 363 g/mol. The first-order valence-electron chi connectivity index (χ1n) is 8.18. The maximum absolute atomic E-state index is 14.5. The summed E-state index contributed by atoms with van der Waals surface area (Å²) in [6.07, 6.45) is 1.79. The van der Waals surface area contributed by atoms with Crippen LogP contribution >= 0.6 is 11.8 Å². The quantitative estimate of drug-likeness (QED) is 0.814. The lowest BCUT2D eigenvalue weighted by atomic mass is 10.0. The van der Waals surface area contributed by atoms with E-state index in [2.05, 4.69) is 15.2 Å². The lowest BCUT2D eigenvalue weighted by molar-refractivity contribution is 0.0446. The molecular weight excluding hydrogens is 345 g/mol. The van der Waals surface area contributed by atoms with E-state index in [0.717, 1.165) is 35.9 Å². The average Bonchev–Trinajstić information content (AvgIpc) is 3.32. The van der Waals surface area contributed by atoms with E-state index in [4.69, 9.17) is 14.1 Å². The molecule has 1 unspecified atom stereocenters. The highest BCUT2D eigenvalue weighted by atomic mass is 32.2. The molecule has 0 N–H and O–H groups in total. The predicted octanol–water partition coefficient (Wildman–Crippen LogP) is 2.94. The van der Waals surface area contributed by atoms with Crippen LogP contribution in [0, 0.1) is 5.82 Å². The fourth-order valence-electron chi connectivity index (χ4n) is 2.89. The summed E-state index contributed by atoms with van der Waals surface area (Å²) in [5.74, 6) is 2.27. The van der Waals surface area contributed by atoms with Crippen LogP contribution in [0.4, 0.5) is 10.1 Å². The highest BCUT2D eigenvalue weighted by molar-refractivity contribution is 7.99. The number of nitrogens with zero attached hydrogens (tertiary/aromatic N) is 3. The third-order valence-electron chi connectivity index (χ3n) is 4.20. The minimum Gasteiger partial charge on any atom is -0.471 e. The van der Waals surface area contributed by atoms with Crippen LogP contribution in [0.5, 0.6) is 5.88 Å². The number of hydrogen-bond acceptors (Lipinski definition) is 7. The fraction of sp³-hybridized carbons (Fsp3) is 0.412. The van der Waals surface area contributed by atoms with Crippen LogP contribution in [0.1, 0.15) is 12.0 Å². The molecule has 6 nitrogen and oxygen atoms in total. The summed E-state index contributed by atoms with van der Waals surface area (Å²) < 4.78 is 24.7. The normalized spacial score (nSPS) is 20.3. The van der Waals surface area contributed by atoms with E-state index in [-0.39, 0.29) is 11.9 Å². The van der Waals surface area contributed by atoms with Gasteiger partial charge in [0.1, 0.15) is 18.7 Å². The molecule has 0 aliphatic carbocycles. The molecule has 0 saturated carbocycles. The van der Waals surface area contributed by atoms with Crippen molar-refractivity contribution in [2.45, 2.75) is 12.5 Å². The van der Waals surface area contributed by atoms with Crippen LogP contribution in [0.25, 0.3) is 0 Å². The highest BCUT2D eigenvalue weighted by Gasteiger charge is 2.24. The summed E-state index contributed by atoms with van der Waals surface area (Å²) in [7, 11) is 0. The Morgan fingerprint density at radius 3 is 2.92 bits per heavy atom. The molecule has 0 radical (unpaired) electrons. The SMILES string of the molecule is Fc1cc(C2=NOC(COc3ccon3)C2)ccc1N1CCSCC1. The molecule has 1 saturated heterocycles. The number of benzene rings is 1. The largest absolute Gasteiger partial charge is 0.471 e. The minimum absolute atomic E-state index is 0.214. The Labute approximate surface area is 148 Å². The van der Waals surface area contributed by atoms with Crippen LogP contribution < -0.4 is 9.64 Å². The van der Waals surface area contributed by atoms with Crippen LogP contribution in [-0.2, 0) is 4.84 Å². The Morgan fingerprint density at radius 1 is 1.28 bits per heavy atom. The van der Waals surface area contributed by atoms with Crippen molar-refractivity contribution in [2.75, 3.05) is 36.1 Å². The van der Waals surface area contributed by atoms with Crippen molar-refractivity contribution in [1.82, 2.24) is 5.16 Å². The van der Waals surface area contributed by atoms with Gasteiger partial charge in [-0.3, -0.25) is 0 Å². The number of oxime groups is 1. The van der Waals surface area contributed by atoms with Crippen LogP contribution in [-0.4, -0.2) is 48.2 Å². The van der Waals surface area contributed by atoms with Gasteiger partial charge in [-0.15, -0.1) is 0 Å². The fourth-order valence-corrected chi connectivity index (χ4v) is 3.79. The predicted molar refractivity (Wildman–Crippen MR) is 94.0 cm³/mol. The summed E-state index contributed by atoms with van der Waals surface area (Å²) in [6, 6.07) is 6.91. The van der Waals surface area contributed by atoms with E-state index >= 15 is 0 Å². The van der Waals surface area contributed by atoms with Crippen molar-refractivity contribution < 1.29 is 18.5 Å². The van der Waals surface area contributed by atoms with Gasteiger partial charge in [-0.25, -0.2) is 4.39 Å². The average molecular weight is 363 g/mol. The second kappa shape index (κ2) is 7.35. The van der Waals surface area contributed by atoms with Gasteiger partial charge < -0.3 is 19.0 Å². The smallest absolute Gasteiger partial charge is 0.254 e. The van der Waals surface area contributed by atoms with Gasteiger partial charge in [-0.2, -0.15) is 11.8 Å². The zero-order valence-corrected chi connectivity index (χ0v) is 14.4. The van der Waals surface area contributed by atoms with Crippen molar-refractivity contribution in [1.29, 1.82) is 0 Å². The first-order valence-corrected chi connectivity index (χ1v) is 9.33. The number of rotatable bonds is 5. The number of ether oxygens (including phenoxy) is 1. The van der Waals surface area contributed by atoms with Crippen LogP contribution in [0.3, 0.4) is 0 Å². The summed E-state index contributed by atoms with van der Waals surface area (Å²) in [5.41, 5.74) is 2.14. The lowest BCUT2D eigenvalue weighted by Gasteiger charge is -2.28. The molecule has 2 aromatic rings. The summed E-state index contributed by atoms with van der Waals surface area (Å²) >= 11 is 1.90. The number of hydrogen-bond donors (Lipinski definition) is 0. The van der Waals surface area contributed by atoms with Gasteiger partial charge in [0.2, 0.25) is 0 Å². The van der Waals surface area contributed by atoms with Gasteiger partial charge in [0.05, 0.1) is 11.4 Å². The topological polar surface area (TPSA) is 60.1 Å². The van der Waals surface area contributed by atoms with Crippen molar-refractivity contribution in [3.8, 4) is 5.88 Å². The maximum atomic E-state index is 14.5. The molecule has 0 spiro atoms. The van der Waals surface area contributed by atoms with Gasteiger partial charge in [-0.05, 0) is 17.3 Å². The molecule has 8 heteroatoms. The van der Waals surface area contributed by atoms with Crippen molar-refractivity contribution in [3.63, 3.8) is 0 Å². The second-order valence-electron chi connectivity index (χ2n) is 5.88. The van der Waals surface area contributed by atoms with Gasteiger partial charge in [0, 0.05) is 42.6 Å². The molecule has 0 amide bonds. The van der Waals surface area contributed by atoms with Crippen molar-refractivity contribution >= 4 is 23.2 Å². The van der Waals surface area contributed by atoms with Crippen molar-refractivity contribution in [3.05, 3.63) is 41.9 Å². The lowest BCUT2D eigenvalue weighted by Crippen LogP contribution is -2.33. The van der Waals surface area contributed by atoms with Crippen LogP contribution in [0.15, 0.2) is 40.2 Å². The van der Waals surface area contributed by atoms with Gasteiger partial charge in [0.25, 0.3) is 5.88 Å². The summed E-state index contributed by atoms with van der Waals surface area (Å²) in [4.78, 5) is 7.47. The standard InChI is InChI=1S/C17H18FN3O3S/c18-14-9-12(1-2-16(14)21-4-7-25-8-5-21)15-10-13(24-19-15)11-22-17-3-6-23-20-17/h1-3,6,9,13H,4-5,7-8,10-11H2. The van der Waals surface area contributed by atoms with E-state index in [1.54, 1.807) is 12.1 Å². The first kappa shape index (κ1) is 16.3. The van der Waals surface area contributed by atoms with Gasteiger partial charge in [-0.1, -0.05) is 11.2 Å². The summed E-state index contributed by atoms with van der Waals surface area (Å²) in [5, 5.41) is 7.75. The molecule has 3 heterocycles. The molecule has 2 aliphatic heterocycles. The molecule has 1 atom stereocenters. The molecule has 132 valence electrons. The third kappa shape index (κ3) is 3.73. The van der Waals surface area contributed by atoms with Gasteiger partial charge in [0.15, 0.2) is 6.10 Å². The molecule has 1 aromatic heterocycles. The van der Waals surface area contributed by atoms with Crippen LogP contribution in [0.2, 0.25) is 0 Å². The zero-order chi connectivity index (χ0) is 17.1. The Kier molecular flexibility index (Phi) is 4.78. The van der Waals surface area contributed by atoms with E-state index in [9.17, 15) is 4.39 Å². The number of anilines is 1. The third-order valence-corrected chi connectivity index (χ3v) is 5.14. The molecule has 1 fully saturated rings. The molecule has 1 aromatic carbocycles. The highest BCUT2D eigenvalue weighted by Crippen LogP contribution is 2.26.